The first-order chi connectivity index (χ1) is 11.8. The summed E-state index contributed by atoms with van der Waals surface area (Å²) in [6.07, 6.45) is 0.0506. The third-order valence-corrected chi connectivity index (χ3v) is 5.81. The molecule has 0 radical (unpaired) electrons. The first-order valence-electron chi connectivity index (χ1n) is 8.49. The van der Waals surface area contributed by atoms with E-state index in [0.717, 1.165) is 33.4 Å². The Labute approximate surface area is 146 Å². The third-order valence-electron chi connectivity index (χ3n) is 5.81. The molecule has 0 aromatic heterocycles. The largest absolute Gasteiger partial charge is 0.478 e. The number of ether oxygens (including phenoxy) is 1. The highest BCUT2D eigenvalue weighted by molar-refractivity contribution is 6.10. The van der Waals surface area contributed by atoms with Crippen molar-refractivity contribution in [3.63, 3.8) is 0 Å². The highest BCUT2D eigenvalue weighted by Crippen LogP contribution is 2.48. The molecule has 4 rings (SSSR count). The Kier molecular flexibility index (Phi) is 3.29. The van der Waals surface area contributed by atoms with E-state index >= 15 is 0 Å². The lowest BCUT2D eigenvalue weighted by Crippen LogP contribution is -2.29. The van der Waals surface area contributed by atoms with E-state index in [-0.39, 0.29) is 5.78 Å². The molecule has 128 valence electrons. The Bertz CT molecular complexity index is 913. The first kappa shape index (κ1) is 15.9. The molecule has 2 aromatic carbocycles. The lowest BCUT2D eigenvalue weighted by molar-refractivity contribution is -0.144. The molecular weight excluding hydrogens is 316 g/mol. The van der Waals surface area contributed by atoms with Gasteiger partial charge in [-0.3, -0.25) is 4.79 Å². The lowest BCUT2D eigenvalue weighted by Gasteiger charge is -2.22. The SMILES string of the molecule is Cc1c(C)c2c(c3c1OC(C(=O)O)C3)CC(C)(c1ccccc1)C2=O. The molecule has 0 amide bonds. The van der Waals surface area contributed by atoms with Crippen molar-refractivity contribution in [3.05, 3.63) is 63.7 Å². The second-order valence-electron chi connectivity index (χ2n) is 7.26. The Morgan fingerprint density at radius 3 is 2.48 bits per heavy atom. The summed E-state index contributed by atoms with van der Waals surface area (Å²) in [5.41, 5.74) is 4.80. The van der Waals surface area contributed by atoms with Gasteiger partial charge in [0.15, 0.2) is 11.9 Å². The Hall–Kier alpha value is -2.62. The van der Waals surface area contributed by atoms with Crippen LogP contribution in [0.5, 0.6) is 5.75 Å². The number of carbonyl (C=O) groups is 2. The molecule has 0 saturated heterocycles. The number of carboxylic acids is 1. The quantitative estimate of drug-likeness (QED) is 0.913. The van der Waals surface area contributed by atoms with E-state index in [1.54, 1.807) is 0 Å². The van der Waals surface area contributed by atoms with E-state index in [9.17, 15) is 14.7 Å². The van der Waals surface area contributed by atoms with Crippen molar-refractivity contribution in [3.8, 4) is 5.75 Å². The van der Waals surface area contributed by atoms with Crippen LogP contribution in [0.2, 0.25) is 0 Å². The number of aliphatic carboxylic acids is 1. The molecule has 1 heterocycles. The zero-order valence-electron chi connectivity index (χ0n) is 14.6. The molecule has 0 saturated carbocycles. The molecule has 1 aliphatic heterocycles. The summed E-state index contributed by atoms with van der Waals surface area (Å²) in [5, 5.41) is 9.33. The van der Waals surface area contributed by atoms with Crippen LogP contribution in [0, 0.1) is 13.8 Å². The van der Waals surface area contributed by atoms with Crippen molar-refractivity contribution in [2.75, 3.05) is 0 Å². The number of benzene rings is 2. The Morgan fingerprint density at radius 1 is 1.16 bits per heavy atom. The molecule has 2 atom stereocenters. The number of Topliss-reactive ketones (excluding diaryl/α,β-unsaturated/α-hetero) is 1. The van der Waals surface area contributed by atoms with E-state index in [0.29, 0.717) is 18.6 Å². The molecular formula is C21H20O4. The average molecular weight is 336 g/mol. The fourth-order valence-electron chi connectivity index (χ4n) is 4.23. The second-order valence-corrected chi connectivity index (χ2v) is 7.26. The minimum absolute atomic E-state index is 0.121. The topological polar surface area (TPSA) is 63.6 Å². The van der Waals surface area contributed by atoms with Crippen LogP contribution >= 0.6 is 0 Å². The number of carboxylic acid groups (broad SMARTS) is 1. The van der Waals surface area contributed by atoms with Crippen LogP contribution in [0.1, 0.15) is 45.1 Å². The highest BCUT2D eigenvalue weighted by Gasteiger charge is 2.47. The van der Waals surface area contributed by atoms with Crippen molar-refractivity contribution < 1.29 is 19.4 Å². The van der Waals surface area contributed by atoms with Gasteiger partial charge in [0.05, 0.1) is 5.41 Å². The smallest absolute Gasteiger partial charge is 0.345 e. The summed E-state index contributed by atoms with van der Waals surface area (Å²) in [7, 11) is 0. The molecule has 2 aromatic rings. The van der Waals surface area contributed by atoms with Crippen LogP contribution in [0.4, 0.5) is 0 Å². The van der Waals surface area contributed by atoms with Crippen molar-refractivity contribution in [2.45, 2.75) is 45.1 Å². The van der Waals surface area contributed by atoms with Gasteiger partial charge >= 0.3 is 5.97 Å². The molecule has 2 unspecified atom stereocenters. The molecule has 0 spiro atoms. The summed E-state index contributed by atoms with van der Waals surface area (Å²) in [4.78, 5) is 24.7. The van der Waals surface area contributed by atoms with Crippen LogP contribution in [0.25, 0.3) is 0 Å². The van der Waals surface area contributed by atoms with Crippen LogP contribution in [0.3, 0.4) is 0 Å². The number of ketones is 1. The maximum absolute atomic E-state index is 13.4. The molecule has 0 fully saturated rings. The van der Waals surface area contributed by atoms with Crippen LogP contribution < -0.4 is 4.74 Å². The van der Waals surface area contributed by atoms with Gasteiger partial charge in [0.25, 0.3) is 0 Å². The number of fused-ring (bicyclic) bond motifs is 3. The van der Waals surface area contributed by atoms with Gasteiger partial charge < -0.3 is 9.84 Å². The van der Waals surface area contributed by atoms with Crippen molar-refractivity contribution in [1.82, 2.24) is 0 Å². The number of carbonyl (C=O) groups excluding carboxylic acids is 1. The standard InChI is InChI=1S/C21H20O4/c1-11-12(2)18-14(9-16(25-18)20(23)24)15-10-21(3,19(22)17(11)15)13-7-5-4-6-8-13/h4-8,16H,9-10H2,1-3H3,(H,23,24). The predicted octanol–water partition coefficient (Wildman–Crippen LogP) is 3.39. The summed E-state index contributed by atoms with van der Waals surface area (Å²) in [6, 6.07) is 9.81. The highest BCUT2D eigenvalue weighted by atomic mass is 16.5. The molecule has 4 nitrogen and oxygen atoms in total. The van der Waals surface area contributed by atoms with Gasteiger partial charge in [0.1, 0.15) is 5.75 Å². The van der Waals surface area contributed by atoms with Gasteiger partial charge in [0, 0.05) is 17.5 Å². The lowest BCUT2D eigenvalue weighted by atomic mass is 9.78. The summed E-state index contributed by atoms with van der Waals surface area (Å²) in [5.74, 6) is -0.179. The van der Waals surface area contributed by atoms with Crippen LogP contribution in [0.15, 0.2) is 30.3 Å². The summed E-state index contributed by atoms with van der Waals surface area (Å²) < 4.78 is 5.70. The molecule has 0 bridgehead atoms. The molecule has 1 aliphatic carbocycles. The number of rotatable bonds is 2. The van der Waals surface area contributed by atoms with Gasteiger partial charge in [-0.1, -0.05) is 30.3 Å². The summed E-state index contributed by atoms with van der Waals surface area (Å²) >= 11 is 0. The fourth-order valence-corrected chi connectivity index (χ4v) is 4.23. The van der Waals surface area contributed by atoms with Crippen molar-refractivity contribution in [2.24, 2.45) is 0 Å². The minimum Gasteiger partial charge on any atom is -0.478 e. The molecule has 4 heteroatoms. The fraction of sp³-hybridized carbons (Fsp3) is 0.333. The van der Waals surface area contributed by atoms with E-state index in [1.165, 1.54) is 0 Å². The zero-order chi connectivity index (χ0) is 17.9. The van der Waals surface area contributed by atoms with Gasteiger partial charge in [-0.15, -0.1) is 0 Å². The van der Waals surface area contributed by atoms with Crippen molar-refractivity contribution >= 4 is 11.8 Å². The van der Waals surface area contributed by atoms with Gasteiger partial charge in [0.2, 0.25) is 0 Å². The maximum Gasteiger partial charge on any atom is 0.345 e. The monoisotopic (exact) mass is 336 g/mol. The molecule has 25 heavy (non-hydrogen) atoms. The Morgan fingerprint density at radius 2 is 1.84 bits per heavy atom. The molecule has 2 aliphatic rings. The zero-order valence-corrected chi connectivity index (χ0v) is 14.6. The van der Waals surface area contributed by atoms with Gasteiger partial charge in [-0.05, 0) is 49.4 Å². The van der Waals surface area contributed by atoms with E-state index in [1.807, 2.05) is 51.1 Å². The number of hydrogen-bond donors (Lipinski definition) is 1. The van der Waals surface area contributed by atoms with E-state index in [2.05, 4.69) is 0 Å². The second kappa shape index (κ2) is 5.19. The van der Waals surface area contributed by atoms with Gasteiger partial charge in [-0.25, -0.2) is 4.79 Å². The summed E-state index contributed by atoms with van der Waals surface area (Å²) in [6.45, 7) is 5.82. The van der Waals surface area contributed by atoms with E-state index < -0.39 is 17.5 Å². The minimum atomic E-state index is -0.961. The first-order valence-corrected chi connectivity index (χ1v) is 8.49. The van der Waals surface area contributed by atoms with Crippen molar-refractivity contribution in [1.29, 1.82) is 0 Å². The van der Waals surface area contributed by atoms with Crippen LogP contribution in [-0.4, -0.2) is 23.0 Å². The number of hydrogen-bond acceptors (Lipinski definition) is 3. The third kappa shape index (κ3) is 2.06. The van der Waals surface area contributed by atoms with E-state index in [4.69, 9.17) is 4.74 Å². The van der Waals surface area contributed by atoms with Gasteiger partial charge in [-0.2, -0.15) is 0 Å². The Balaban J connectivity index is 1.90. The molecule has 1 N–H and O–H groups in total. The normalized spacial score (nSPS) is 24.0. The maximum atomic E-state index is 13.4. The predicted molar refractivity (Wildman–Crippen MR) is 93.5 cm³/mol. The van der Waals surface area contributed by atoms with Crippen LogP contribution in [-0.2, 0) is 23.1 Å². The average Bonchev–Trinajstić information content (AvgIpc) is 3.15.